The first-order valence-corrected chi connectivity index (χ1v) is 9.96. The van der Waals surface area contributed by atoms with Gasteiger partial charge in [-0.15, -0.1) is 0 Å². The van der Waals surface area contributed by atoms with Gasteiger partial charge in [0.25, 0.3) is 0 Å². The van der Waals surface area contributed by atoms with Crippen LogP contribution in [0.1, 0.15) is 25.7 Å². The molecule has 0 spiro atoms. The maximum absolute atomic E-state index is 6.19. The zero-order valence-electron chi connectivity index (χ0n) is 15.7. The first-order valence-electron chi connectivity index (χ1n) is 9.96. The molecule has 5 heterocycles. The van der Waals surface area contributed by atoms with E-state index in [2.05, 4.69) is 48.6 Å². The van der Waals surface area contributed by atoms with Gasteiger partial charge in [0.2, 0.25) is 0 Å². The van der Waals surface area contributed by atoms with Crippen molar-refractivity contribution in [2.24, 2.45) is 0 Å². The summed E-state index contributed by atoms with van der Waals surface area (Å²) in [5, 5.41) is 0. The van der Waals surface area contributed by atoms with Crippen LogP contribution in [0.25, 0.3) is 0 Å². The van der Waals surface area contributed by atoms with Gasteiger partial charge < -0.3 is 18.9 Å². The van der Waals surface area contributed by atoms with Crippen LogP contribution in [0, 0.1) is 0 Å². The number of ether oxygens (including phenoxy) is 4. The number of allylic oxidation sites excluding steroid dienone is 8. The molecule has 0 amide bonds. The van der Waals surface area contributed by atoms with Crippen LogP contribution in [0.4, 0.5) is 0 Å². The molecule has 5 rings (SSSR count). The highest BCUT2D eigenvalue weighted by molar-refractivity contribution is 5.25. The van der Waals surface area contributed by atoms with Crippen LogP contribution in [-0.2, 0) is 18.9 Å². The van der Waals surface area contributed by atoms with E-state index in [0.717, 1.165) is 23.0 Å². The van der Waals surface area contributed by atoms with Crippen molar-refractivity contribution in [3.8, 4) is 0 Å². The summed E-state index contributed by atoms with van der Waals surface area (Å²) in [7, 11) is 0. The first-order chi connectivity index (χ1) is 13.8. The van der Waals surface area contributed by atoms with Gasteiger partial charge in [0.1, 0.15) is 47.5 Å². The fourth-order valence-electron chi connectivity index (χ4n) is 3.94. The van der Waals surface area contributed by atoms with E-state index < -0.39 is 0 Å². The lowest BCUT2D eigenvalue weighted by molar-refractivity contribution is 0.0532. The van der Waals surface area contributed by atoms with Crippen molar-refractivity contribution >= 4 is 0 Å². The SMILES string of the molecule is C1=CC2CC3=CC=CC(CC4=CC=CC(CC5=CC=CC(CC(=C1)O2)O5)O4)O3. The average Bonchev–Trinajstić information content (AvgIpc) is 2.69. The van der Waals surface area contributed by atoms with Crippen molar-refractivity contribution in [2.45, 2.75) is 50.1 Å². The van der Waals surface area contributed by atoms with Crippen molar-refractivity contribution in [3.05, 3.63) is 95.9 Å². The van der Waals surface area contributed by atoms with Crippen molar-refractivity contribution in [3.63, 3.8) is 0 Å². The van der Waals surface area contributed by atoms with Gasteiger partial charge in [-0.2, -0.15) is 0 Å². The van der Waals surface area contributed by atoms with E-state index in [4.69, 9.17) is 18.9 Å². The predicted octanol–water partition coefficient (Wildman–Crippen LogP) is 4.92. The second-order valence-electron chi connectivity index (χ2n) is 7.51. The molecule has 0 aliphatic carbocycles. The highest BCUT2D eigenvalue weighted by atomic mass is 16.5. The van der Waals surface area contributed by atoms with E-state index in [9.17, 15) is 0 Å². The molecule has 5 aliphatic heterocycles. The molecule has 0 aromatic carbocycles. The van der Waals surface area contributed by atoms with Crippen molar-refractivity contribution in [1.82, 2.24) is 0 Å². The summed E-state index contributed by atoms with van der Waals surface area (Å²) in [6.45, 7) is 0. The molecule has 4 atom stereocenters. The lowest BCUT2D eigenvalue weighted by Gasteiger charge is -2.30. The van der Waals surface area contributed by atoms with Gasteiger partial charge in [-0.25, -0.2) is 0 Å². The smallest absolute Gasteiger partial charge is 0.124 e. The Labute approximate surface area is 165 Å². The summed E-state index contributed by atoms with van der Waals surface area (Å²) >= 11 is 0. The minimum atomic E-state index is -0.0219. The molecular weight excluding hydrogens is 352 g/mol. The average molecular weight is 376 g/mol. The molecule has 0 aromatic heterocycles. The van der Waals surface area contributed by atoms with Gasteiger partial charge in [-0.1, -0.05) is 24.3 Å². The van der Waals surface area contributed by atoms with E-state index in [0.29, 0.717) is 25.7 Å². The van der Waals surface area contributed by atoms with E-state index in [1.807, 2.05) is 24.3 Å². The van der Waals surface area contributed by atoms with Gasteiger partial charge in [-0.05, 0) is 48.6 Å². The van der Waals surface area contributed by atoms with E-state index in [1.54, 1.807) is 0 Å². The number of fused-ring (bicyclic) bond motifs is 8. The second kappa shape index (κ2) is 7.63. The fraction of sp³-hybridized carbons (Fsp3) is 0.333. The maximum atomic E-state index is 6.19. The van der Waals surface area contributed by atoms with E-state index >= 15 is 0 Å². The van der Waals surface area contributed by atoms with Crippen LogP contribution in [0.15, 0.2) is 95.9 Å². The van der Waals surface area contributed by atoms with Crippen LogP contribution in [0.2, 0.25) is 0 Å². The Hall–Kier alpha value is -2.88. The van der Waals surface area contributed by atoms with Crippen LogP contribution < -0.4 is 0 Å². The van der Waals surface area contributed by atoms with Gasteiger partial charge in [0.05, 0.1) is 0 Å². The molecule has 0 N–H and O–H groups in total. The molecule has 28 heavy (non-hydrogen) atoms. The number of hydrogen-bond donors (Lipinski definition) is 0. The fourth-order valence-corrected chi connectivity index (χ4v) is 3.94. The van der Waals surface area contributed by atoms with Crippen LogP contribution in [0.5, 0.6) is 0 Å². The molecule has 4 nitrogen and oxygen atoms in total. The highest BCUT2D eigenvalue weighted by Gasteiger charge is 2.25. The summed E-state index contributed by atoms with van der Waals surface area (Å²) in [5.41, 5.74) is 0. The van der Waals surface area contributed by atoms with E-state index in [1.165, 1.54) is 0 Å². The topological polar surface area (TPSA) is 36.9 Å². The third-order valence-electron chi connectivity index (χ3n) is 5.25. The monoisotopic (exact) mass is 376 g/mol. The van der Waals surface area contributed by atoms with Crippen molar-refractivity contribution < 1.29 is 18.9 Å². The zero-order chi connectivity index (χ0) is 18.8. The first kappa shape index (κ1) is 17.2. The Morgan fingerprint density at radius 3 is 0.929 bits per heavy atom. The summed E-state index contributed by atoms with van der Waals surface area (Å²) in [5.74, 6) is 3.77. The Kier molecular flexibility index (Phi) is 4.69. The third kappa shape index (κ3) is 4.01. The Morgan fingerprint density at radius 2 is 0.679 bits per heavy atom. The summed E-state index contributed by atoms with van der Waals surface area (Å²) in [6.07, 6.45) is 27.5. The molecule has 5 aliphatic rings. The molecule has 1 fully saturated rings. The Morgan fingerprint density at radius 1 is 0.429 bits per heavy atom. The molecule has 144 valence electrons. The van der Waals surface area contributed by atoms with Gasteiger partial charge in [0, 0.05) is 25.7 Å². The normalized spacial score (nSPS) is 33.1. The minimum Gasteiger partial charge on any atom is -0.490 e. The lowest BCUT2D eigenvalue weighted by Crippen LogP contribution is -2.24. The summed E-state index contributed by atoms with van der Waals surface area (Å²) in [6, 6.07) is 0. The quantitative estimate of drug-likeness (QED) is 0.602. The Bertz CT molecular complexity index is 721. The number of rotatable bonds is 0. The minimum absolute atomic E-state index is 0.0219. The molecule has 4 unspecified atom stereocenters. The molecule has 4 heteroatoms. The standard InChI is InChI=1S/C24H24O4/c1-5-17-13-19-7-2-9-21(26-19)15-23-11-4-12-24(28-23)16-22-10-3-8-20(27-22)14-18(6-1)25-17/h1-12,17,20-21,24H,13-16H2. The van der Waals surface area contributed by atoms with Gasteiger partial charge in [-0.3, -0.25) is 0 Å². The van der Waals surface area contributed by atoms with E-state index in [-0.39, 0.29) is 24.4 Å². The third-order valence-corrected chi connectivity index (χ3v) is 5.25. The summed E-state index contributed by atoms with van der Waals surface area (Å²) in [4.78, 5) is 0. The van der Waals surface area contributed by atoms with Crippen LogP contribution >= 0.6 is 0 Å². The lowest BCUT2D eigenvalue weighted by atomic mass is 10.0. The van der Waals surface area contributed by atoms with Crippen LogP contribution in [-0.4, -0.2) is 24.4 Å². The molecule has 0 saturated carbocycles. The van der Waals surface area contributed by atoms with Crippen LogP contribution in [0.3, 0.4) is 0 Å². The Balaban J connectivity index is 1.39. The summed E-state index contributed by atoms with van der Waals surface area (Å²) < 4.78 is 24.8. The molecule has 1 saturated heterocycles. The van der Waals surface area contributed by atoms with Gasteiger partial charge >= 0.3 is 0 Å². The molecule has 0 aromatic rings. The molecule has 8 bridgehead atoms. The molecule has 0 radical (unpaired) electrons. The predicted molar refractivity (Wildman–Crippen MR) is 107 cm³/mol. The molecular formula is C24H24O4. The number of hydrogen-bond acceptors (Lipinski definition) is 4. The van der Waals surface area contributed by atoms with Gasteiger partial charge in [0.15, 0.2) is 0 Å². The highest BCUT2D eigenvalue weighted by Crippen LogP contribution is 2.30. The largest absolute Gasteiger partial charge is 0.490 e. The maximum Gasteiger partial charge on any atom is 0.124 e. The second-order valence-corrected chi connectivity index (χ2v) is 7.51. The van der Waals surface area contributed by atoms with Crippen molar-refractivity contribution in [2.75, 3.05) is 0 Å². The van der Waals surface area contributed by atoms with Crippen molar-refractivity contribution in [1.29, 1.82) is 0 Å². The zero-order valence-corrected chi connectivity index (χ0v) is 15.7.